The second-order valence-electron chi connectivity index (χ2n) is 3.10. The molecule has 0 saturated carbocycles. The number of thioether (sulfide) groups is 2. The number of ether oxygens (including phenoxy) is 1. The van der Waals surface area contributed by atoms with Crippen LogP contribution in [0.25, 0.3) is 0 Å². The third-order valence-corrected chi connectivity index (χ3v) is 4.41. The molecule has 6 heteroatoms. The van der Waals surface area contributed by atoms with E-state index in [4.69, 9.17) is 22.1 Å². The molecule has 0 aliphatic carbocycles. The minimum Gasteiger partial charge on any atom is -0.462 e. The van der Waals surface area contributed by atoms with Crippen LogP contribution >= 0.6 is 35.7 Å². The fourth-order valence-electron chi connectivity index (χ4n) is 0.790. The quantitative estimate of drug-likeness (QED) is 0.440. The number of rotatable bonds is 7. The third-order valence-electron chi connectivity index (χ3n) is 1.66. The molecule has 94 valence electrons. The normalized spacial score (nSPS) is 12.2. The highest BCUT2D eigenvalue weighted by Crippen LogP contribution is 2.23. The molecule has 3 nitrogen and oxygen atoms in total. The highest BCUT2D eigenvalue weighted by Gasteiger charge is 2.17. The summed E-state index contributed by atoms with van der Waals surface area (Å²) < 4.78 is 5.58. The number of aliphatic hydroxyl groups excluding tert-OH is 1. The van der Waals surface area contributed by atoms with E-state index in [1.165, 1.54) is 11.8 Å². The molecule has 0 amide bonds. The van der Waals surface area contributed by atoms with Crippen LogP contribution in [0.3, 0.4) is 0 Å². The first-order chi connectivity index (χ1) is 7.61. The Kier molecular flexibility index (Phi) is 10.5. The Bertz CT molecular complexity index is 221. The molecule has 0 heterocycles. The zero-order valence-corrected chi connectivity index (χ0v) is 12.1. The summed E-state index contributed by atoms with van der Waals surface area (Å²) in [5, 5.41) is 8.21. The molecular formula is C10H18O3S3. The number of carbonyl (C=O) groups is 1. The molecule has 0 spiro atoms. The van der Waals surface area contributed by atoms with E-state index in [2.05, 4.69) is 6.92 Å². The lowest BCUT2D eigenvalue weighted by molar-refractivity contribution is -0.143. The number of thiocarbonyl (C=S) groups is 1. The maximum Gasteiger partial charge on any atom is 0.319 e. The molecule has 0 radical (unpaired) electrons. The van der Waals surface area contributed by atoms with Gasteiger partial charge < -0.3 is 9.84 Å². The fourth-order valence-corrected chi connectivity index (χ4v) is 3.48. The lowest BCUT2D eigenvalue weighted by atomic mass is 10.4. The van der Waals surface area contributed by atoms with Crippen molar-refractivity contribution in [3.63, 3.8) is 0 Å². The Balaban J connectivity index is 3.71. The first kappa shape index (κ1) is 16.2. The van der Waals surface area contributed by atoms with Crippen molar-refractivity contribution in [3.05, 3.63) is 0 Å². The van der Waals surface area contributed by atoms with E-state index in [1.54, 1.807) is 18.7 Å². The first-order valence-electron chi connectivity index (χ1n) is 5.22. The van der Waals surface area contributed by atoms with E-state index in [1.807, 2.05) is 0 Å². The van der Waals surface area contributed by atoms with Crippen LogP contribution in [0, 0.1) is 0 Å². The molecule has 0 aliphatic heterocycles. The molecule has 0 aliphatic rings. The summed E-state index contributed by atoms with van der Waals surface area (Å²) in [6, 6.07) is 0. The molecule has 1 unspecified atom stereocenters. The van der Waals surface area contributed by atoms with Crippen molar-refractivity contribution in [1.29, 1.82) is 0 Å². The van der Waals surface area contributed by atoms with Crippen LogP contribution in [0.2, 0.25) is 0 Å². The predicted molar refractivity (Wildman–Crippen MR) is 75.1 cm³/mol. The summed E-state index contributed by atoms with van der Waals surface area (Å²) in [4.78, 5) is 11.3. The maximum atomic E-state index is 11.3. The maximum absolute atomic E-state index is 11.3. The van der Waals surface area contributed by atoms with Crippen molar-refractivity contribution in [2.75, 3.05) is 19.0 Å². The third kappa shape index (κ3) is 8.38. The topological polar surface area (TPSA) is 46.5 Å². The van der Waals surface area contributed by atoms with E-state index in [0.717, 1.165) is 22.1 Å². The standard InChI is InChI=1S/C10H18O3S3/c1-3-4-7-15-10(14)16-8(2)9(12)13-6-5-11/h8,11H,3-7H2,1-2H3. The van der Waals surface area contributed by atoms with Gasteiger partial charge in [0.25, 0.3) is 0 Å². The average Bonchev–Trinajstić information content (AvgIpc) is 2.26. The number of aliphatic hydroxyl groups is 1. The molecule has 16 heavy (non-hydrogen) atoms. The Morgan fingerprint density at radius 2 is 2.25 bits per heavy atom. The van der Waals surface area contributed by atoms with Crippen LogP contribution < -0.4 is 0 Å². The molecule has 0 aromatic heterocycles. The van der Waals surface area contributed by atoms with Crippen molar-refractivity contribution in [3.8, 4) is 0 Å². The summed E-state index contributed by atoms with van der Waals surface area (Å²) in [5.74, 6) is 0.679. The molecule has 0 fully saturated rings. The SMILES string of the molecule is CCCCSC(=S)SC(C)C(=O)OCCO. The molecule has 0 saturated heterocycles. The highest BCUT2D eigenvalue weighted by molar-refractivity contribution is 8.47. The van der Waals surface area contributed by atoms with E-state index < -0.39 is 0 Å². The fraction of sp³-hybridized carbons (Fsp3) is 0.800. The monoisotopic (exact) mass is 282 g/mol. The lowest BCUT2D eigenvalue weighted by Gasteiger charge is -2.10. The molecule has 1 atom stereocenters. The predicted octanol–water partition coefficient (Wildman–Crippen LogP) is 2.46. The van der Waals surface area contributed by atoms with Crippen LogP contribution in [0.4, 0.5) is 0 Å². The summed E-state index contributed by atoms with van der Waals surface area (Å²) >= 11 is 8.10. The summed E-state index contributed by atoms with van der Waals surface area (Å²) in [7, 11) is 0. The summed E-state index contributed by atoms with van der Waals surface area (Å²) in [5.41, 5.74) is 0. The minimum atomic E-state index is -0.322. The lowest BCUT2D eigenvalue weighted by Crippen LogP contribution is -2.19. The number of esters is 1. The highest BCUT2D eigenvalue weighted by atomic mass is 32.2. The molecule has 0 aromatic rings. The molecule has 0 aromatic carbocycles. The van der Waals surface area contributed by atoms with E-state index in [-0.39, 0.29) is 24.4 Å². The number of hydrogen-bond acceptors (Lipinski definition) is 6. The molecule has 0 bridgehead atoms. The zero-order valence-electron chi connectivity index (χ0n) is 9.60. The largest absolute Gasteiger partial charge is 0.462 e. The van der Waals surface area contributed by atoms with E-state index in [9.17, 15) is 4.79 Å². The Labute approximate surface area is 111 Å². The van der Waals surface area contributed by atoms with Gasteiger partial charge in [-0.05, 0) is 19.1 Å². The van der Waals surface area contributed by atoms with Crippen molar-refractivity contribution in [1.82, 2.24) is 0 Å². The van der Waals surface area contributed by atoms with Gasteiger partial charge in [-0.25, -0.2) is 0 Å². The van der Waals surface area contributed by atoms with Gasteiger partial charge in [0.1, 0.15) is 15.4 Å². The van der Waals surface area contributed by atoms with Gasteiger partial charge in [0.05, 0.1) is 6.61 Å². The Morgan fingerprint density at radius 1 is 1.56 bits per heavy atom. The van der Waals surface area contributed by atoms with Gasteiger partial charge in [-0.2, -0.15) is 0 Å². The smallest absolute Gasteiger partial charge is 0.319 e. The number of carbonyl (C=O) groups excluding carboxylic acids is 1. The van der Waals surface area contributed by atoms with Gasteiger partial charge in [0.2, 0.25) is 0 Å². The van der Waals surface area contributed by atoms with Crippen molar-refractivity contribution < 1.29 is 14.6 Å². The number of hydrogen-bond donors (Lipinski definition) is 1. The average molecular weight is 282 g/mol. The van der Waals surface area contributed by atoms with Crippen LogP contribution in [-0.2, 0) is 9.53 Å². The minimum absolute atomic E-state index is 0.0550. The molecule has 0 rings (SSSR count). The second kappa shape index (κ2) is 10.4. The van der Waals surface area contributed by atoms with Crippen LogP contribution in [-0.4, -0.2) is 38.8 Å². The van der Waals surface area contributed by atoms with Crippen LogP contribution in [0.5, 0.6) is 0 Å². The van der Waals surface area contributed by atoms with E-state index in [0.29, 0.717) is 0 Å². The van der Waals surface area contributed by atoms with Gasteiger partial charge in [-0.1, -0.05) is 37.3 Å². The van der Waals surface area contributed by atoms with Gasteiger partial charge in [0, 0.05) is 0 Å². The molecule has 1 N–H and O–H groups in total. The van der Waals surface area contributed by atoms with Crippen molar-refractivity contribution in [2.24, 2.45) is 0 Å². The molecular weight excluding hydrogens is 264 g/mol. The first-order valence-corrected chi connectivity index (χ1v) is 7.50. The number of unbranched alkanes of at least 4 members (excludes halogenated alkanes) is 1. The summed E-state index contributed by atoms with van der Waals surface area (Å²) in [6.45, 7) is 3.81. The van der Waals surface area contributed by atoms with Gasteiger partial charge in [-0.3, -0.25) is 4.79 Å². The van der Waals surface area contributed by atoms with Crippen molar-refractivity contribution >= 4 is 45.2 Å². The van der Waals surface area contributed by atoms with Crippen LogP contribution in [0.1, 0.15) is 26.7 Å². The van der Waals surface area contributed by atoms with Gasteiger partial charge in [0.15, 0.2) is 0 Å². The second-order valence-corrected chi connectivity index (χ2v) is 6.74. The van der Waals surface area contributed by atoms with E-state index >= 15 is 0 Å². The van der Waals surface area contributed by atoms with Gasteiger partial charge >= 0.3 is 5.97 Å². The zero-order chi connectivity index (χ0) is 12.4. The van der Waals surface area contributed by atoms with Crippen molar-refractivity contribution in [2.45, 2.75) is 31.9 Å². The Morgan fingerprint density at radius 3 is 2.81 bits per heavy atom. The summed E-state index contributed by atoms with van der Waals surface area (Å²) in [6.07, 6.45) is 2.28. The van der Waals surface area contributed by atoms with Gasteiger partial charge in [-0.15, -0.1) is 11.8 Å². The Hall–Kier alpha value is 0.220. The van der Waals surface area contributed by atoms with Crippen LogP contribution in [0.15, 0.2) is 0 Å².